The smallest absolute Gasteiger partial charge is 0.324 e. The van der Waals surface area contributed by atoms with Crippen LogP contribution < -0.4 is 14.8 Å². The Hall–Kier alpha value is -3.58. The Kier molecular flexibility index (Phi) is 5.89. The molecule has 0 aliphatic carbocycles. The number of rotatable bonds is 6. The number of piperidine rings is 1. The molecule has 3 aromatic heterocycles. The Morgan fingerprint density at radius 3 is 2.63 bits per heavy atom. The van der Waals surface area contributed by atoms with E-state index in [2.05, 4.69) is 20.2 Å². The van der Waals surface area contributed by atoms with E-state index < -0.39 is 15.8 Å². The van der Waals surface area contributed by atoms with Crippen LogP contribution in [0.15, 0.2) is 46.1 Å². The lowest BCUT2D eigenvalue weighted by atomic mass is 10.1. The van der Waals surface area contributed by atoms with E-state index in [0.717, 1.165) is 18.9 Å². The lowest BCUT2D eigenvalue weighted by molar-refractivity contribution is 0.158. The predicted octanol–water partition coefficient (Wildman–Crippen LogP) is 2.74. The number of hydrogen-bond donors (Lipinski definition) is 1. The molecule has 0 saturated carbocycles. The standard InChI is InChI=1S/C22H24FN7O4S/c1-13(2)20-27-22(34-28-20)29-9-6-14(7-10-29)33-19-5-8-25-21-17(12-26-30(19)21)16-4-3-15(11-18(16)23)35(24,31)32/h3-5,8,11-14H,6-7,9-10H2,1-2H3,(H2,24,31,32). The number of sulfonamides is 1. The fraction of sp³-hybridized carbons (Fsp3) is 0.364. The van der Waals surface area contributed by atoms with Crippen molar-refractivity contribution in [2.45, 2.75) is 43.6 Å². The van der Waals surface area contributed by atoms with Gasteiger partial charge in [0.15, 0.2) is 11.5 Å². The highest BCUT2D eigenvalue weighted by molar-refractivity contribution is 7.89. The first-order chi connectivity index (χ1) is 16.7. The third-order valence-electron chi connectivity index (χ3n) is 5.87. The average molecular weight is 502 g/mol. The SMILES string of the molecule is CC(C)c1noc(N2CCC(Oc3ccnc4c(-c5ccc(S(N)(=O)=O)cc5F)cnn34)CC2)n1. The number of primary sulfonamides is 1. The van der Waals surface area contributed by atoms with Crippen molar-refractivity contribution in [2.75, 3.05) is 18.0 Å². The molecule has 1 saturated heterocycles. The first kappa shape index (κ1) is 23.2. The molecule has 0 amide bonds. The Morgan fingerprint density at radius 2 is 1.97 bits per heavy atom. The molecule has 0 bridgehead atoms. The minimum atomic E-state index is -4.01. The van der Waals surface area contributed by atoms with Gasteiger partial charge in [-0.15, -0.1) is 0 Å². The highest BCUT2D eigenvalue weighted by Crippen LogP contribution is 2.30. The summed E-state index contributed by atoms with van der Waals surface area (Å²) in [5, 5.41) is 13.4. The summed E-state index contributed by atoms with van der Waals surface area (Å²) in [6.07, 6.45) is 4.44. The average Bonchev–Trinajstić information content (AvgIpc) is 3.47. The summed E-state index contributed by atoms with van der Waals surface area (Å²) in [6.45, 7) is 5.42. The van der Waals surface area contributed by atoms with Crippen LogP contribution >= 0.6 is 0 Å². The Balaban J connectivity index is 1.33. The summed E-state index contributed by atoms with van der Waals surface area (Å²) >= 11 is 0. The van der Waals surface area contributed by atoms with Crippen molar-refractivity contribution in [3.63, 3.8) is 0 Å². The van der Waals surface area contributed by atoms with Crippen LogP contribution in [0.5, 0.6) is 5.88 Å². The molecule has 1 aromatic carbocycles. The molecule has 184 valence electrons. The lowest BCUT2D eigenvalue weighted by Crippen LogP contribution is -2.38. The zero-order chi connectivity index (χ0) is 24.7. The number of anilines is 1. The molecular weight excluding hydrogens is 477 g/mol. The van der Waals surface area contributed by atoms with Crippen molar-refractivity contribution < 1.29 is 22.1 Å². The molecule has 4 aromatic rings. The van der Waals surface area contributed by atoms with Crippen molar-refractivity contribution >= 4 is 21.7 Å². The quantitative estimate of drug-likeness (QED) is 0.422. The maximum absolute atomic E-state index is 14.7. The van der Waals surface area contributed by atoms with Gasteiger partial charge in [-0.1, -0.05) is 19.0 Å². The molecule has 0 atom stereocenters. The molecule has 0 unspecified atom stereocenters. The molecule has 35 heavy (non-hydrogen) atoms. The highest BCUT2D eigenvalue weighted by atomic mass is 32.2. The highest BCUT2D eigenvalue weighted by Gasteiger charge is 2.26. The van der Waals surface area contributed by atoms with Gasteiger partial charge in [-0.25, -0.2) is 22.9 Å². The third kappa shape index (κ3) is 4.56. The summed E-state index contributed by atoms with van der Waals surface area (Å²) < 4.78 is 50.9. The lowest BCUT2D eigenvalue weighted by Gasteiger charge is -2.30. The topological polar surface area (TPSA) is 142 Å². The van der Waals surface area contributed by atoms with E-state index in [0.29, 0.717) is 42.0 Å². The number of aromatic nitrogens is 5. The first-order valence-corrected chi connectivity index (χ1v) is 12.7. The van der Waals surface area contributed by atoms with E-state index in [4.69, 9.17) is 14.4 Å². The Labute approximate surface area is 200 Å². The minimum Gasteiger partial charge on any atom is -0.474 e. The van der Waals surface area contributed by atoms with Crippen LogP contribution in [0, 0.1) is 5.82 Å². The number of nitrogens with zero attached hydrogens (tertiary/aromatic N) is 6. The van der Waals surface area contributed by atoms with Gasteiger partial charge in [0.05, 0.1) is 11.1 Å². The van der Waals surface area contributed by atoms with Crippen LogP contribution in [-0.2, 0) is 10.0 Å². The number of ether oxygens (including phenoxy) is 1. The maximum atomic E-state index is 14.7. The van der Waals surface area contributed by atoms with Crippen molar-refractivity contribution in [1.82, 2.24) is 24.7 Å². The molecule has 11 nitrogen and oxygen atoms in total. The van der Waals surface area contributed by atoms with Gasteiger partial charge in [0.25, 0.3) is 0 Å². The molecule has 2 N–H and O–H groups in total. The van der Waals surface area contributed by atoms with Crippen LogP contribution in [0.2, 0.25) is 0 Å². The second kappa shape index (κ2) is 8.89. The monoisotopic (exact) mass is 501 g/mol. The van der Waals surface area contributed by atoms with Crippen LogP contribution in [0.3, 0.4) is 0 Å². The van der Waals surface area contributed by atoms with Gasteiger partial charge in [-0.05, 0) is 18.2 Å². The van der Waals surface area contributed by atoms with Gasteiger partial charge in [0, 0.05) is 55.2 Å². The summed E-state index contributed by atoms with van der Waals surface area (Å²) in [5.74, 6) is 0.610. The van der Waals surface area contributed by atoms with Crippen LogP contribution in [0.4, 0.5) is 10.4 Å². The van der Waals surface area contributed by atoms with E-state index in [1.165, 1.54) is 22.8 Å². The zero-order valence-corrected chi connectivity index (χ0v) is 19.9. The summed E-state index contributed by atoms with van der Waals surface area (Å²) in [6, 6.07) is 5.70. The minimum absolute atomic E-state index is 0.0669. The summed E-state index contributed by atoms with van der Waals surface area (Å²) in [5.41, 5.74) is 0.945. The fourth-order valence-corrected chi connectivity index (χ4v) is 4.49. The second-order valence-corrected chi connectivity index (χ2v) is 10.2. The molecule has 0 spiro atoms. The normalized spacial score (nSPS) is 15.3. The van der Waals surface area contributed by atoms with Gasteiger partial charge in [0.1, 0.15) is 11.9 Å². The largest absolute Gasteiger partial charge is 0.474 e. The predicted molar refractivity (Wildman–Crippen MR) is 124 cm³/mol. The van der Waals surface area contributed by atoms with Gasteiger partial charge in [-0.2, -0.15) is 14.6 Å². The zero-order valence-electron chi connectivity index (χ0n) is 19.1. The molecule has 1 aliphatic heterocycles. The Bertz CT molecular complexity index is 1480. The van der Waals surface area contributed by atoms with Crippen molar-refractivity contribution in [2.24, 2.45) is 5.14 Å². The van der Waals surface area contributed by atoms with E-state index in [1.54, 1.807) is 12.3 Å². The second-order valence-electron chi connectivity index (χ2n) is 8.66. The van der Waals surface area contributed by atoms with Crippen molar-refractivity contribution in [3.05, 3.63) is 48.3 Å². The Morgan fingerprint density at radius 1 is 1.20 bits per heavy atom. The number of hydrogen-bond acceptors (Lipinski definition) is 9. The van der Waals surface area contributed by atoms with Crippen LogP contribution in [0.25, 0.3) is 16.8 Å². The maximum Gasteiger partial charge on any atom is 0.324 e. The van der Waals surface area contributed by atoms with Crippen molar-refractivity contribution in [1.29, 1.82) is 0 Å². The molecule has 1 fully saturated rings. The molecule has 13 heteroatoms. The van der Waals surface area contributed by atoms with Crippen LogP contribution in [-0.4, -0.2) is 52.3 Å². The van der Waals surface area contributed by atoms with Crippen LogP contribution in [0.1, 0.15) is 38.4 Å². The summed E-state index contributed by atoms with van der Waals surface area (Å²) in [4.78, 5) is 10.5. The molecular formula is C22H24FN7O4S. The number of halogens is 1. The molecule has 0 radical (unpaired) electrons. The van der Waals surface area contributed by atoms with Gasteiger partial charge in [-0.3, -0.25) is 0 Å². The van der Waals surface area contributed by atoms with E-state index in [9.17, 15) is 12.8 Å². The van der Waals surface area contributed by atoms with E-state index in [-0.39, 0.29) is 22.5 Å². The van der Waals surface area contributed by atoms with E-state index >= 15 is 0 Å². The van der Waals surface area contributed by atoms with Crippen molar-refractivity contribution in [3.8, 4) is 17.0 Å². The summed E-state index contributed by atoms with van der Waals surface area (Å²) in [7, 11) is -4.01. The molecule has 1 aliphatic rings. The van der Waals surface area contributed by atoms with Gasteiger partial charge in [0.2, 0.25) is 15.9 Å². The number of nitrogens with two attached hydrogens (primary N) is 1. The molecule has 5 rings (SSSR count). The fourth-order valence-electron chi connectivity index (χ4n) is 3.97. The molecule has 4 heterocycles. The van der Waals surface area contributed by atoms with Gasteiger partial charge < -0.3 is 14.2 Å². The first-order valence-electron chi connectivity index (χ1n) is 11.1. The number of benzene rings is 1. The number of fused-ring (bicyclic) bond motifs is 1. The van der Waals surface area contributed by atoms with E-state index in [1.807, 2.05) is 18.7 Å². The van der Waals surface area contributed by atoms with Gasteiger partial charge >= 0.3 is 6.01 Å². The third-order valence-corrected chi connectivity index (χ3v) is 6.78.